The van der Waals surface area contributed by atoms with Crippen LogP contribution in [0, 0.1) is 0 Å². The quantitative estimate of drug-likeness (QED) is 0.806. The summed E-state index contributed by atoms with van der Waals surface area (Å²) < 4.78 is 5.10. The predicted octanol–water partition coefficient (Wildman–Crippen LogP) is 1.09. The third-order valence-electron chi connectivity index (χ3n) is 1.86. The maximum Gasteiger partial charge on any atom is 0.292 e. The van der Waals surface area contributed by atoms with Crippen LogP contribution in [-0.4, -0.2) is 22.8 Å². The van der Waals surface area contributed by atoms with Crippen LogP contribution in [0.4, 0.5) is 5.69 Å². The highest BCUT2D eigenvalue weighted by Gasteiger charge is 2.17. The van der Waals surface area contributed by atoms with Gasteiger partial charge in [-0.2, -0.15) is 15.3 Å². The Balaban J connectivity index is 2.12. The lowest BCUT2D eigenvalue weighted by Crippen LogP contribution is -2.19. The molecule has 0 atom stereocenters. The van der Waals surface area contributed by atoms with Crippen LogP contribution in [0.5, 0.6) is 0 Å². The molecule has 1 N–H and O–H groups in total. The first kappa shape index (κ1) is 10.2. The molecule has 1 aromatic rings. The average Bonchev–Trinajstić information content (AvgIpc) is 2.31. The van der Waals surface area contributed by atoms with Gasteiger partial charge in [0.05, 0.1) is 18.1 Å². The molecule has 0 aromatic carbocycles. The van der Waals surface area contributed by atoms with Gasteiger partial charge >= 0.3 is 0 Å². The zero-order valence-electron chi connectivity index (χ0n) is 8.54. The first-order valence-electron chi connectivity index (χ1n) is 4.56. The maximum absolute atomic E-state index is 11.7. The van der Waals surface area contributed by atoms with Crippen molar-refractivity contribution in [1.82, 2.24) is 10.2 Å². The van der Waals surface area contributed by atoms with Crippen LogP contribution in [0.25, 0.3) is 0 Å². The lowest BCUT2D eigenvalue weighted by molar-refractivity contribution is -0.116. The number of ether oxygens (including phenoxy) is 1. The van der Waals surface area contributed by atoms with Gasteiger partial charge in [-0.3, -0.25) is 4.79 Å². The molecule has 0 radical (unpaired) electrons. The molecular weight excluding hydrogens is 210 g/mol. The Morgan fingerprint density at radius 1 is 1.50 bits per heavy atom. The van der Waals surface area contributed by atoms with Crippen molar-refractivity contribution in [1.29, 1.82) is 0 Å². The molecule has 2 rings (SSSR count). The third kappa shape index (κ3) is 2.19. The van der Waals surface area contributed by atoms with E-state index in [1.165, 1.54) is 12.4 Å². The van der Waals surface area contributed by atoms with Crippen molar-refractivity contribution in [2.45, 2.75) is 6.92 Å². The molecule has 0 saturated heterocycles. The van der Waals surface area contributed by atoms with Crippen LogP contribution in [0.1, 0.15) is 6.92 Å². The van der Waals surface area contributed by atoms with Crippen LogP contribution in [0.15, 0.2) is 40.1 Å². The highest BCUT2D eigenvalue weighted by atomic mass is 16.5. The largest absolute Gasteiger partial charge is 0.462 e. The Labute approximate surface area is 91.2 Å². The summed E-state index contributed by atoms with van der Waals surface area (Å²) in [6.45, 7) is 1.72. The molecule has 0 bridgehead atoms. The second-order valence-electron chi connectivity index (χ2n) is 3.01. The Morgan fingerprint density at radius 3 is 3.06 bits per heavy atom. The van der Waals surface area contributed by atoms with Crippen molar-refractivity contribution in [3.8, 4) is 0 Å². The third-order valence-corrected chi connectivity index (χ3v) is 1.86. The fourth-order valence-corrected chi connectivity index (χ4v) is 1.16. The van der Waals surface area contributed by atoms with Crippen LogP contribution in [-0.2, 0) is 9.53 Å². The summed E-state index contributed by atoms with van der Waals surface area (Å²) in [4.78, 5) is 11.7. The predicted molar refractivity (Wildman–Crippen MR) is 54.2 cm³/mol. The molecule has 1 aliphatic heterocycles. The number of amides is 1. The van der Waals surface area contributed by atoms with E-state index in [1.54, 1.807) is 13.0 Å². The van der Waals surface area contributed by atoms with E-state index >= 15 is 0 Å². The van der Waals surface area contributed by atoms with Gasteiger partial charge in [0, 0.05) is 0 Å². The number of nitrogens with zero attached hydrogens (tertiary/aromatic N) is 4. The smallest absolute Gasteiger partial charge is 0.292 e. The van der Waals surface area contributed by atoms with E-state index in [4.69, 9.17) is 4.74 Å². The van der Waals surface area contributed by atoms with Crippen LogP contribution in [0.3, 0.4) is 0 Å². The minimum absolute atomic E-state index is 0.0642. The van der Waals surface area contributed by atoms with E-state index in [2.05, 4.69) is 25.7 Å². The van der Waals surface area contributed by atoms with Crippen molar-refractivity contribution in [3.63, 3.8) is 0 Å². The molecule has 1 amide bonds. The van der Waals surface area contributed by atoms with E-state index in [9.17, 15) is 4.79 Å². The van der Waals surface area contributed by atoms with Crippen molar-refractivity contribution in [2.24, 2.45) is 10.2 Å². The van der Waals surface area contributed by atoms with Gasteiger partial charge in [0.2, 0.25) is 5.76 Å². The monoisotopic (exact) mass is 219 g/mol. The van der Waals surface area contributed by atoms with E-state index in [0.29, 0.717) is 11.4 Å². The number of nitrogens with one attached hydrogen (secondary N) is 1. The van der Waals surface area contributed by atoms with Crippen molar-refractivity contribution in [2.75, 3.05) is 12.0 Å². The molecule has 82 valence electrons. The Kier molecular flexibility index (Phi) is 2.86. The van der Waals surface area contributed by atoms with E-state index in [-0.39, 0.29) is 18.4 Å². The first-order valence-corrected chi connectivity index (χ1v) is 4.56. The minimum atomic E-state index is -0.371. The summed E-state index contributed by atoms with van der Waals surface area (Å²) in [5.74, 6) is -0.198. The summed E-state index contributed by atoms with van der Waals surface area (Å²) in [5, 5.41) is 17.3. The highest BCUT2D eigenvalue weighted by molar-refractivity contribution is 6.02. The fourth-order valence-electron chi connectivity index (χ4n) is 1.16. The van der Waals surface area contributed by atoms with Crippen LogP contribution < -0.4 is 5.32 Å². The number of aromatic nitrogens is 2. The molecule has 7 heteroatoms. The molecule has 0 spiro atoms. The molecule has 0 saturated carbocycles. The molecule has 1 aliphatic rings. The molecule has 16 heavy (non-hydrogen) atoms. The Morgan fingerprint density at radius 2 is 2.38 bits per heavy atom. The topological polar surface area (TPSA) is 88.8 Å². The maximum atomic E-state index is 11.7. The summed E-state index contributed by atoms with van der Waals surface area (Å²) >= 11 is 0. The summed E-state index contributed by atoms with van der Waals surface area (Å²) in [5.41, 5.74) is 0.997. The van der Waals surface area contributed by atoms with Gasteiger partial charge < -0.3 is 10.1 Å². The van der Waals surface area contributed by atoms with Crippen LogP contribution >= 0.6 is 0 Å². The second-order valence-corrected chi connectivity index (χ2v) is 3.01. The standard InChI is InChI=1S/C9H9N5O2/c1-6-8(16-5-12-14-6)9(15)13-7-2-3-10-11-4-7/h2-4H,5H2,1H3,(H,10,13,15). The summed E-state index contributed by atoms with van der Waals surface area (Å²) in [6.07, 6.45) is 2.93. The zero-order chi connectivity index (χ0) is 11.4. The van der Waals surface area contributed by atoms with Gasteiger partial charge in [-0.05, 0) is 13.0 Å². The summed E-state index contributed by atoms with van der Waals surface area (Å²) in [7, 11) is 0. The second kappa shape index (κ2) is 4.47. The molecule has 2 heterocycles. The number of carbonyl (C=O) groups is 1. The van der Waals surface area contributed by atoms with Crippen molar-refractivity contribution < 1.29 is 9.53 Å². The van der Waals surface area contributed by atoms with E-state index in [1.807, 2.05) is 0 Å². The summed E-state index contributed by atoms with van der Waals surface area (Å²) in [6, 6.07) is 1.63. The van der Waals surface area contributed by atoms with E-state index < -0.39 is 0 Å². The van der Waals surface area contributed by atoms with Gasteiger partial charge in [-0.1, -0.05) is 0 Å². The SMILES string of the molecule is CC1=C(C(=O)Nc2ccnnc2)OCN=N1. The number of hydrogen-bond donors (Lipinski definition) is 1. The van der Waals surface area contributed by atoms with Gasteiger partial charge in [0.1, 0.15) is 5.70 Å². The number of allylic oxidation sites excluding steroid dienone is 1. The van der Waals surface area contributed by atoms with Crippen molar-refractivity contribution >= 4 is 11.6 Å². The number of azo groups is 1. The fraction of sp³-hybridized carbons (Fsp3) is 0.222. The number of anilines is 1. The lowest BCUT2D eigenvalue weighted by atomic mass is 10.3. The molecule has 0 unspecified atom stereocenters. The normalized spacial score (nSPS) is 14.6. The van der Waals surface area contributed by atoms with Gasteiger partial charge in [-0.25, -0.2) is 0 Å². The van der Waals surface area contributed by atoms with Gasteiger partial charge in [0.25, 0.3) is 5.91 Å². The lowest BCUT2D eigenvalue weighted by Gasteiger charge is -2.12. The number of carbonyl (C=O) groups excluding carboxylic acids is 1. The molecule has 1 aromatic heterocycles. The van der Waals surface area contributed by atoms with Gasteiger partial charge in [0.15, 0.2) is 6.73 Å². The first-order chi connectivity index (χ1) is 7.77. The van der Waals surface area contributed by atoms with Crippen molar-refractivity contribution in [3.05, 3.63) is 29.9 Å². The molecule has 0 fully saturated rings. The van der Waals surface area contributed by atoms with Gasteiger partial charge in [-0.15, -0.1) is 5.11 Å². The molecular formula is C9H9N5O2. The van der Waals surface area contributed by atoms with E-state index in [0.717, 1.165) is 0 Å². The number of hydrogen-bond acceptors (Lipinski definition) is 6. The average molecular weight is 219 g/mol. The molecule has 0 aliphatic carbocycles. The number of rotatable bonds is 2. The highest BCUT2D eigenvalue weighted by Crippen LogP contribution is 2.15. The Hall–Kier alpha value is -2.31. The van der Waals surface area contributed by atoms with Crippen LogP contribution in [0.2, 0.25) is 0 Å². The Bertz CT molecular complexity index is 454. The zero-order valence-corrected chi connectivity index (χ0v) is 8.54. The minimum Gasteiger partial charge on any atom is -0.462 e. The molecule has 7 nitrogen and oxygen atoms in total.